The van der Waals surface area contributed by atoms with E-state index >= 15 is 0 Å². The van der Waals surface area contributed by atoms with Crippen LogP contribution in [0.1, 0.15) is 47.6 Å². The molecule has 11 rings (SSSR count). The van der Waals surface area contributed by atoms with Crippen molar-refractivity contribution in [3.05, 3.63) is 180 Å². The van der Waals surface area contributed by atoms with Crippen LogP contribution >= 0.6 is 0 Å². The largest absolute Gasteiger partial charge is 2.00 e. The normalized spacial score (nSPS) is 11.8. The molecule has 0 aliphatic heterocycles. The molecule has 0 amide bonds. The van der Waals surface area contributed by atoms with Gasteiger partial charge in [0.25, 0.3) is 0 Å². The van der Waals surface area contributed by atoms with E-state index in [0.717, 1.165) is 83.3 Å². The minimum atomic E-state index is 0. The minimum Gasteiger partial charge on any atom is -0.656 e. The Morgan fingerprint density at radius 1 is 0.623 bits per heavy atom. The van der Waals surface area contributed by atoms with Crippen LogP contribution in [-0.2, 0) is 21.1 Å². The summed E-state index contributed by atoms with van der Waals surface area (Å²) in [7, 11) is 0. The first kappa shape index (κ1) is 38.6. The summed E-state index contributed by atoms with van der Waals surface area (Å²) in [6.45, 7) is 13.4. The van der Waals surface area contributed by atoms with E-state index in [1.807, 2.05) is 6.20 Å². The van der Waals surface area contributed by atoms with Gasteiger partial charge in [-0.05, 0) is 125 Å². The molecular formula is C55H43N5Pt. The number of para-hydroxylation sites is 4. The van der Waals surface area contributed by atoms with Crippen molar-refractivity contribution < 1.29 is 21.1 Å². The molecule has 5 nitrogen and oxygen atoms in total. The van der Waals surface area contributed by atoms with E-state index in [1.165, 1.54) is 44.3 Å². The van der Waals surface area contributed by atoms with Crippen molar-refractivity contribution in [2.75, 3.05) is 0 Å². The van der Waals surface area contributed by atoms with E-state index in [-0.39, 0.29) is 27.0 Å². The van der Waals surface area contributed by atoms with Crippen molar-refractivity contribution in [2.45, 2.75) is 47.5 Å². The van der Waals surface area contributed by atoms with Crippen LogP contribution in [0, 0.1) is 33.8 Å². The number of aromatic nitrogens is 5. The number of benzene rings is 7. The second-order valence-corrected chi connectivity index (χ2v) is 16.7. The van der Waals surface area contributed by atoms with Crippen molar-refractivity contribution in [1.29, 1.82) is 0 Å². The summed E-state index contributed by atoms with van der Waals surface area (Å²) in [6, 6.07) is 54.0. The molecule has 0 atom stereocenters. The van der Waals surface area contributed by atoms with Gasteiger partial charge in [-0.25, -0.2) is 9.97 Å². The summed E-state index contributed by atoms with van der Waals surface area (Å²) in [4.78, 5) is 15.7. The number of fused-ring (bicyclic) bond motifs is 7. The number of hydrogen-bond acceptors (Lipinski definition) is 2. The van der Waals surface area contributed by atoms with Crippen LogP contribution in [0.2, 0.25) is 0 Å². The van der Waals surface area contributed by atoms with E-state index in [2.05, 4.69) is 196 Å². The molecule has 6 heteroatoms. The monoisotopic (exact) mass is 968 g/mol. The minimum absolute atomic E-state index is 0. The predicted molar refractivity (Wildman–Crippen MR) is 250 cm³/mol. The first-order valence-electron chi connectivity index (χ1n) is 20.8. The van der Waals surface area contributed by atoms with Gasteiger partial charge in [-0.1, -0.05) is 121 Å². The molecule has 0 aliphatic carbocycles. The molecule has 0 unspecified atom stereocenters. The zero-order chi connectivity index (χ0) is 40.8. The zero-order valence-corrected chi connectivity index (χ0v) is 37.3. The van der Waals surface area contributed by atoms with Crippen molar-refractivity contribution >= 4 is 54.6 Å². The molecule has 0 N–H and O–H groups in total. The summed E-state index contributed by atoms with van der Waals surface area (Å²) in [5, 5.41) is 4.62. The van der Waals surface area contributed by atoms with Gasteiger partial charge in [0.1, 0.15) is 11.6 Å². The van der Waals surface area contributed by atoms with Crippen molar-refractivity contribution in [3.63, 3.8) is 0 Å². The van der Waals surface area contributed by atoms with Gasteiger partial charge < -0.3 is 9.55 Å². The molecule has 4 aromatic heterocycles. The Balaban J connectivity index is 0.00000445. The van der Waals surface area contributed by atoms with Crippen molar-refractivity contribution in [2.24, 2.45) is 0 Å². The molecule has 7 aromatic carbocycles. The maximum absolute atomic E-state index is 5.56. The van der Waals surface area contributed by atoms with E-state index < -0.39 is 0 Å². The van der Waals surface area contributed by atoms with Crippen molar-refractivity contribution in [3.8, 4) is 45.1 Å². The second-order valence-electron chi connectivity index (χ2n) is 16.7. The summed E-state index contributed by atoms with van der Waals surface area (Å²) in [6.07, 6.45) is 1.91. The molecular weight excluding hydrogens is 926 g/mol. The molecule has 0 fully saturated rings. The number of aryl methyl sites for hydroxylation is 4. The van der Waals surface area contributed by atoms with Crippen LogP contribution in [0.4, 0.5) is 0 Å². The molecule has 4 heterocycles. The van der Waals surface area contributed by atoms with Crippen LogP contribution in [0.15, 0.2) is 146 Å². The Labute approximate surface area is 370 Å². The fourth-order valence-electron chi connectivity index (χ4n) is 9.66. The van der Waals surface area contributed by atoms with Gasteiger partial charge in [-0.15, -0.1) is 34.8 Å². The molecule has 0 spiro atoms. The van der Waals surface area contributed by atoms with Gasteiger partial charge in [-0.3, -0.25) is 4.57 Å². The Kier molecular flexibility index (Phi) is 9.42. The van der Waals surface area contributed by atoms with Gasteiger partial charge in [0.2, 0.25) is 0 Å². The van der Waals surface area contributed by atoms with E-state index in [4.69, 9.17) is 15.0 Å². The van der Waals surface area contributed by atoms with Crippen LogP contribution < -0.4 is 4.98 Å². The fraction of sp³-hybridized carbons (Fsp3) is 0.127. The molecule has 0 bridgehead atoms. The number of imidazole rings is 1. The Hall–Kier alpha value is -6.55. The number of hydrogen-bond donors (Lipinski definition) is 0. The molecule has 11 aromatic rings. The third-order valence-electron chi connectivity index (χ3n) is 12.2. The fourth-order valence-corrected chi connectivity index (χ4v) is 9.66. The summed E-state index contributed by atoms with van der Waals surface area (Å²) in [5.41, 5.74) is 18.9. The topological polar surface area (TPSA) is 49.7 Å². The van der Waals surface area contributed by atoms with Gasteiger partial charge in [-0.2, -0.15) is 0 Å². The van der Waals surface area contributed by atoms with Crippen LogP contribution in [0.25, 0.3) is 99.8 Å². The third-order valence-corrected chi connectivity index (χ3v) is 12.2. The standard InChI is InChI=1S/C55H43N5.Pt/c1-32(2)45-29-38(51-35(5)26-34(4)27-36(51)6)30-46-42-23-22-37(31-49(42)60(54(45)46)50-28-33(3)24-25-56-50)40-17-13-21-48-53(40)58-55(59(48)39-14-8-7-9-15-39)44-19-12-18-43-41-16-10-11-20-47(41)57-52(43)44;/h7-30,32H,1-6H3;/q-2;+2. The van der Waals surface area contributed by atoms with Gasteiger partial charge in [0.05, 0.1) is 11.0 Å². The summed E-state index contributed by atoms with van der Waals surface area (Å²) in [5.74, 6) is 2.00. The average molecular weight is 969 g/mol. The van der Waals surface area contributed by atoms with Gasteiger partial charge >= 0.3 is 21.1 Å². The zero-order valence-electron chi connectivity index (χ0n) is 35.0. The predicted octanol–water partition coefficient (Wildman–Crippen LogP) is 13.9. The van der Waals surface area contributed by atoms with Gasteiger partial charge in [0.15, 0.2) is 0 Å². The second kappa shape index (κ2) is 14.9. The first-order valence-corrected chi connectivity index (χ1v) is 20.8. The third kappa shape index (κ3) is 6.17. The Bertz CT molecular complexity index is 3490. The maximum Gasteiger partial charge on any atom is 2.00 e. The summed E-state index contributed by atoms with van der Waals surface area (Å²) < 4.78 is 4.63. The summed E-state index contributed by atoms with van der Waals surface area (Å²) >= 11 is 0. The molecule has 0 aliphatic rings. The molecule has 0 radical (unpaired) electrons. The average Bonchev–Trinajstić information content (AvgIpc) is 3.93. The van der Waals surface area contributed by atoms with E-state index in [9.17, 15) is 0 Å². The SMILES string of the molecule is Cc1ccnc(-n2c3[c-]c(-c4cccc5c4nc(-c4cccc6c4[n-]c4ccccc46)n5-c4ccccc4)ccc3c3cc(-c4c(C)cc(C)cc4C)cc(C(C)C)c32)c1.[Pt+2]. The first-order chi connectivity index (χ1) is 29.2. The van der Waals surface area contributed by atoms with Crippen LogP contribution in [-0.4, -0.2) is 19.1 Å². The quantitative estimate of drug-likeness (QED) is 0.156. The maximum atomic E-state index is 5.56. The Morgan fingerprint density at radius 2 is 1.36 bits per heavy atom. The molecule has 61 heavy (non-hydrogen) atoms. The Morgan fingerprint density at radius 3 is 2.15 bits per heavy atom. The van der Waals surface area contributed by atoms with E-state index in [0.29, 0.717) is 0 Å². The number of pyridine rings is 1. The molecule has 0 saturated heterocycles. The molecule has 298 valence electrons. The van der Waals surface area contributed by atoms with E-state index in [1.54, 1.807) is 0 Å². The van der Waals surface area contributed by atoms with Gasteiger partial charge in [0, 0.05) is 23.0 Å². The smallest absolute Gasteiger partial charge is 0.656 e. The number of rotatable bonds is 6. The van der Waals surface area contributed by atoms with Crippen LogP contribution in [0.5, 0.6) is 0 Å². The molecule has 0 saturated carbocycles. The number of nitrogens with zero attached hydrogens (tertiary/aromatic N) is 5. The van der Waals surface area contributed by atoms with Crippen LogP contribution in [0.3, 0.4) is 0 Å². The van der Waals surface area contributed by atoms with Crippen molar-refractivity contribution in [1.82, 2.24) is 24.1 Å².